The Morgan fingerprint density at radius 1 is 1.45 bits per heavy atom. The molecule has 0 radical (unpaired) electrons. The van der Waals surface area contributed by atoms with Crippen molar-refractivity contribution < 1.29 is 9.53 Å². The minimum absolute atomic E-state index is 0.0275. The van der Waals surface area contributed by atoms with Crippen LogP contribution in [-0.4, -0.2) is 44.1 Å². The van der Waals surface area contributed by atoms with Gasteiger partial charge in [0.15, 0.2) is 0 Å². The molecule has 1 rings (SSSR count). The van der Waals surface area contributed by atoms with E-state index < -0.39 is 0 Å². The molecule has 0 aliphatic rings. The molecule has 0 aliphatic carbocycles. The summed E-state index contributed by atoms with van der Waals surface area (Å²) in [6.45, 7) is 6.50. The molecular formula is C15H23ClN2O2. The smallest absolute Gasteiger partial charge is 0.226 e. The van der Waals surface area contributed by atoms with Gasteiger partial charge in [0.1, 0.15) is 12.4 Å². The lowest BCUT2D eigenvalue weighted by molar-refractivity contribution is -0.133. The van der Waals surface area contributed by atoms with Crippen LogP contribution in [0.1, 0.15) is 13.8 Å². The number of hydrogen-bond donors (Lipinski definition) is 1. The molecule has 0 heterocycles. The lowest BCUT2D eigenvalue weighted by atomic mass is 10.1. The van der Waals surface area contributed by atoms with E-state index in [1.54, 1.807) is 18.0 Å². The first-order valence-corrected chi connectivity index (χ1v) is 7.27. The summed E-state index contributed by atoms with van der Waals surface area (Å²) in [6, 6.07) is 7.32. The van der Waals surface area contributed by atoms with Gasteiger partial charge in [-0.1, -0.05) is 37.6 Å². The molecule has 0 aliphatic heterocycles. The summed E-state index contributed by atoms with van der Waals surface area (Å²) in [6.07, 6.45) is 0. The van der Waals surface area contributed by atoms with Crippen molar-refractivity contribution >= 4 is 17.5 Å². The van der Waals surface area contributed by atoms with Gasteiger partial charge in [0, 0.05) is 19.5 Å². The van der Waals surface area contributed by atoms with Gasteiger partial charge in [-0.15, -0.1) is 0 Å². The van der Waals surface area contributed by atoms with E-state index in [-0.39, 0.29) is 11.8 Å². The number of likely N-dealkylation sites (N-methyl/N-ethyl adjacent to an activating group) is 1. The number of carbonyl (C=O) groups excluding carboxylic acids is 1. The number of rotatable bonds is 8. The van der Waals surface area contributed by atoms with Crippen molar-refractivity contribution in [2.75, 3.05) is 33.3 Å². The Morgan fingerprint density at radius 3 is 2.80 bits per heavy atom. The molecule has 1 atom stereocenters. The number of benzene rings is 1. The van der Waals surface area contributed by atoms with Crippen molar-refractivity contribution in [1.29, 1.82) is 0 Å². The van der Waals surface area contributed by atoms with E-state index in [9.17, 15) is 4.79 Å². The number of amides is 1. The van der Waals surface area contributed by atoms with Crippen LogP contribution in [0.4, 0.5) is 0 Å². The summed E-state index contributed by atoms with van der Waals surface area (Å²) in [5, 5.41) is 3.76. The summed E-state index contributed by atoms with van der Waals surface area (Å²) in [5.41, 5.74) is 0. The lowest BCUT2D eigenvalue weighted by Gasteiger charge is -2.21. The molecule has 1 aromatic rings. The average Bonchev–Trinajstić information content (AvgIpc) is 2.45. The fraction of sp³-hybridized carbons (Fsp3) is 0.533. The van der Waals surface area contributed by atoms with Gasteiger partial charge in [-0.3, -0.25) is 4.79 Å². The van der Waals surface area contributed by atoms with Gasteiger partial charge >= 0.3 is 0 Å². The fourth-order valence-corrected chi connectivity index (χ4v) is 1.98. The van der Waals surface area contributed by atoms with Gasteiger partial charge in [0.2, 0.25) is 5.91 Å². The molecule has 1 N–H and O–H groups in total. The van der Waals surface area contributed by atoms with E-state index in [2.05, 4.69) is 5.32 Å². The molecule has 0 aromatic heterocycles. The van der Waals surface area contributed by atoms with Gasteiger partial charge in [-0.05, 0) is 18.7 Å². The van der Waals surface area contributed by atoms with Crippen molar-refractivity contribution in [3.8, 4) is 5.75 Å². The first-order chi connectivity index (χ1) is 9.56. The molecule has 5 heteroatoms. The molecule has 112 valence electrons. The van der Waals surface area contributed by atoms with E-state index >= 15 is 0 Å². The molecule has 0 spiro atoms. The van der Waals surface area contributed by atoms with Crippen molar-refractivity contribution in [3.05, 3.63) is 29.3 Å². The number of para-hydroxylation sites is 1. The second-order valence-corrected chi connectivity index (χ2v) is 5.15. The van der Waals surface area contributed by atoms with E-state index in [0.717, 1.165) is 6.54 Å². The first-order valence-electron chi connectivity index (χ1n) is 6.89. The van der Waals surface area contributed by atoms with Crippen LogP contribution in [0.15, 0.2) is 24.3 Å². The van der Waals surface area contributed by atoms with Crippen molar-refractivity contribution in [1.82, 2.24) is 10.2 Å². The van der Waals surface area contributed by atoms with Crippen LogP contribution < -0.4 is 10.1 Å². The summed E-state index contributed by atoms with van der Waals surface area (Å²) >= 11 is 6.00. The predicted molar refractivity (Wildman–Crippen MR) is 82.3 cm³/mol. The normalized spacial score (nSPS) is 12.0. The minimum Gasteiger partial charge on any atom is -0.490 e. The third kappa shape index (κ3) is 5.39. The molecule has 4 nitrogen and oxygen atoms in total. The van der Waals surface area contributed by atoms with Crippen LogP contribution in [0.3, 0.4) is 0 Å². The molecule has 1 unspecified atom stereocenters. The monoisotopic (exact) mass is 298 g/mol. The third-order valence-corrected chi connectivity index (χ3v) is 3.33. The molecule has 20 heavy (non-hydrogen) atoms. The number of carbonyl (C=O) groups is 1. The van der Waals surface area contributed by atoms with Crippen LogP contribution >= 0.6 is 11.6 Å². The molecule has 0 saturated heterocycles. The molecule has 0 bridgehead atoms. The maximum Gasteiger partial charge on any atom is 0.226 e. The second-order valence-electron chi connectivity index (χ2n) is 4.75. The zero-order valence-corrected chi connectivity index (χ0v) is 13.1. The van der Waals surface area contributed by atoms with Crippen molar-refractivity contribution in [2.24, 2.45) is 5.92 Å². The quantitative estimate of drug-likeness (QED) is 0.801. The maximum absolute atomic E-state index is 12.1. The highest BCUT2D eigenvalue weighted by Crippen LogP contribution is 2.22. The van der Waals surface area contributed by atoms with Gasteiger partial charge in [0.05, 0.1) is 11.6 Å². The van der Waals surface area contributed by atoms with Crippen LogP contribution in [0, 0.1) is 5.92 Å². The summed E-state index contributed by atoms with van der Waals surface area (Å²) in [5.74, 6) is 0.740. The Balaban J connectivity index is 2.34. The average molecular weight is 299 g/mol. The highest BCUT2D eigenvalue weighted by molar-refractivity contribution is 6.32. The topological polar surface area (TPSA) is 41.6 Å². The Kier molecular flexibility index (Phi) is 7.41. The Bertz CT molecular complexity index is 426. The molecule has 1 amide bonds. The number of ether oxygens (including phenoxy) is 1. The van der Waals surface area contributed by atoms with Crippen LogP contribution in [0.5, 0.6) is 5.75 Å². The van der Waals surface area contributed by atoms with E-state index in [4.69, 9.17) is 16.3 Å². The van der Waals surface area contributed by atoms with Crippen molar-refractivity contribution in [2.45, 2.75) is 13.8 Å². The zero-order valence-electron chi connectivity index (χ0n) is 12.4. The summed E-state index contributed by atoms with van der Waals surface area (Å²) < 4.78 is 5.58. The number of hydrogen-bond acceptors (Lipinski definition) is 3. The van der Waals surface area contributed by atoms with E-state index in [1.165, 1.54) is 0 Å². The fourth-order valence-electron chi connectivity index (χ4n) is 1.79. The third-order valence-electron chi connectivity index (χ3n) is 3.02. The van der Waals surface area contributed by atoms with Crippen LogP contribution in [0.2, 0.25) is 5.02 Å². The van der Waals surface area contributed by atoms with Crippen LogP contribution in [-0.2, 0) is 4.79 Å². The first kappa shape index (κ1) is 16.8. The van der Waals surface area contributed by atoms with E-state index in [1.807, 2.05) is 32.0 Å². The van der Waals surface area contributed by atoms with Crippen molar-refractivity contribution in [3.63, 3.8) is 0 Å². The number of nitrogens with one attached hydrogen (secondary N) is 1. The Hall–Kier alpha value is -1.26. The highest BCUT2D eigenvalue weighted by Gasteiger charge is 2.16. The number of halogens is 1. The number of nitrogens with zero attached hydrogens (tertiary/aromatic N) is 1. The largest absolute Gasteiger partial charge is 0.490 e. The standard InChI is InChI=1S/C15H23ClN2O2/c1-4-17-11-12(2)15(19)18(3)9-10-20-14-8-6-5-7-13(14)16/h5-8,12,17H,4,9-11H2,1-3H3. The minimum atomic E-state index is -0.0275. The molecular weight excluding hydrogens is 276 g/mol. The van der Waals surface area contributed by atoms with Gasteiger partial charge < -0.3 is 15.0 Å². The Morgan fingerprint density at radius 2 is 2.15 bits per heavy atom. The van der Waals surface area contributed by atoms with Gasteiger partial charge in [-0.25, -0.2) is 0 Å². The molecule has 1 aromatic carbocycles. The maximum atomic E-state index is 12.1. The summed E-state index contributed by atoms with van der Waals surface area (Å²) in [7, 11) is 1.79. The van der Waals surface area contributed by atoms with Crippen LogP contribution in [0.25, 0.3) is 0 Å². The molecule has 0 fully saturated rings. The SMILES string of the molecule is CCNCC(C)C(=O)N(C)CCOc1ccccc1Cl. The molecule has 0 saturated carbocycles. The van der Waals surface area contributed by atoms with E-state index in [0.29, 0.717) is 30.5 Å². The summed E-state index contributed by atoms with van der Waals surface area (Å²) in [4.78, 5) is 13.8. The van der Waals surface area contributed by atoms with Gasteiger partial charge in [-0.2, -0.15) is 0 Å². The highest BCUT2D eigenvalue weighted by atomic mass is 35.5. The predicted octanol–water partition coefficient (Wildman–Crippen LogP) is 2.42. The second kappa shape index (κ2) is 8.82. The van der Waals surface area contributed by atoms with Gasteiger partial charge in [0.25, 0.3) is 0 Å². The zero-order chi connectivity index (χ0) is 15.0. The Labute approximate surface area is 126 Å². The lowest BCUT2D eigenvalue weighted by Crippen LogP contribution is -2.38.